The number of carbonyl (C=O) groups is 4. The summed E-state index contributed by atoms with van der Waals surface area (Å²) in [5, 5.41) is 220. The van der Waals surface area contributed by atoms with Crippen LogP contribution in [0.5, 0.6) is 0 Å². The van der Waals surface area contributed by atoms with Crippen LogP contribution in [0.1, 0.15) is 48.4 Å². The third-order valence-electron chi connectivity index (χ3n) is 14.6. The number of hydrogen-bond acceptors (Lipinski definition) is 28. The molecule has 0 spiro atoms. The minimum atomic E-state index is -5.19. The predicted molar refractivity (Wildman–Crippen MR) is 311 cm³/mol. The van der Waals surface area contributed by atoms with E-state index in [1.807, 2.05) is 61.6 Å². The number of amides is 2. The fourth-order valence-electron chi connectivity index (χ4n) is 8.98. The van der Waals surface area contributed by atoms with Gasteiger partial charge in [-0.05, 0) is 52.0 Å². The molecule has 2 heterocycles. The van der Waals surface area contributed by atoms with Crippen LogP contribution < -0.4 is 30.0 Å². The van der Waals surface area contributed by atoms with Crippen LogP contribution in [0.4, 0.5) is 26.3 Å². The average Bonchev–Trinajstić information content (AvgIpc) is 1.65. The molecule has 2 aromatic carbocycles. The summed E-state index contributed by atoms with van der Waals surface area (Å²) in [5.74, 6) is -6.81. The molecule has 34 nitrogen and oxygen atoms in total. The minimum Gasteiger partial charge on any atom is -0.542 e. The van der Waals surface area contributed by atoms with Crippen molar-refractivity contribution < 1.29 is 167 Å². The zero-order valence-corrected chi connectivity index (χ0v) is 52.5. The number of carbonyl (C=O) groups excluding carboxylic acids is 4. The number of nitrogens with zero attached hydrogens (tertiary/aromatic N) is 6. The highest BCUT2D eigenvalue weighted by Gasteiger charge is 2.37. The molecular weight excluding hydrogens is 1310 g/mol. The summed E-state index contributed by atoms with van der Waals surface area (Å²) in [5.41, 5.74) is 4.50. The van der Waals surface area contributed by atoms with Gasteiger partial charge in [0, 0.05) is 75.6 Å². The molecule has 0 radical (unpaired) electrons. The summed E-state index contributed by atoms with van der Waals surface area (Å²) in [7, 11) is 0. The Balaban J connectivity index is 0.000000798. The Kier molecular flexibility index (Phi) is 38.5. The Morgan fingerprint density at radius 2 is 0.667 bits per heavy atom. The van der Waals surface area contributed by atoms with E-state index in [1.54, 1.807) is 24.3 Å². The first kappa shape index (κ1) is 88.0. The third kappa shape index (κ3) is 27.3. The maximum absolute atomic E-state index is 12.9. The molecule has 0 fully saturated rings. The first-order chi connectivity index (χ1) is 44.7. The lowest BCUT2D eigenvalue weighted by Crippen LogP contribution is -2.54. The van der Waals surface area contributed by atoms with Gasteiger partial charge in [-0.1, -0.05) is 0 Å². The molecular formula is C56H90F6N8O26. The number of rotatable bonds is 36. The van der Waals surface area contributed by atoms with E-state index < -0.39 is 186 Å². The van der Waals surface area contributed by atoms with Gasteiger partial charge in [0.05, 0.1) is 77.0 Å². The van der Waals surface area contributed by atoms with Gasteiger partial charge in [0.25, 0.3) is 11.8 Å². The molecule has 0 aliphatic heterocycles. The number of aliphatic hydroxyl groups excluding tert-OH is 20. The number of aromatic nitrogens is 4. The lowest BCUT2D eigenvalue weighted by molar-refractivity contribution is -0.668. The van der Waals surface area contributed by atoms with Gasteiger partial charge in [0.15, 0.2) is 22.1 Å². The Hall–Kier alpha value is -6.04. The zero-order valence-electron chi connectivity index (χ0n) is 52.5. The van der Waals surface area contributed by atoms with Crippen molar-refractivity contribution in [3.05, 3.63) is 60.2 Å². The first-order valence-corrected chi connectivity index (χ1v) is 29.6. The van der Waals surface area contributed by atoms with Crippen LogP contribution >= 0.6 is 0 Å². The molecule has 552 valence electrons. The normalized spacial score (nSPS) is 17.1. The number of alkyl halides is 6. The number of halogens is 6. The summed E-state index contributed by atoms with van der Waals surface area (Å²) >= 11 is 0. The van der Waals surface area contributed by atoms with Gasteiger partial charge in [0.1, 0.15) is 85.2 Å². The van der Waals surface area contributed by atoms with Gasteiger partial charge in [-0.15, -0.1) is 0 Å². The summed E-state index contributed by atoms with van der Waals surface area (Å²) in [6, 6.07) is 10.6. The van der Waals surface area contributed by atoms with Gasteiger partial charge in [-0.25, -0.2) is 18.3 Å². The maximum atomic E-state index is 12.9. The number of aryl methyl sites for hydroxylation is 4. The number of nitrogens with one attached hydrogen (secondary N) is 2. The van der Waals surface area contributed by atoms with Gasteiger partial charge in [0.2, 0.25) is 12.7 Å². The molecule has 16 atom stereocenters. The monoisotopic (exact) mass is 1400 g/mol. The van der Waals surface area contributed by atoms with E-state index in [-0.39, 0.29) is 26.2 Å². The smallest absolute Gasteiger partial charge is 0.430 e. The summed E-state index contributed by atoms with van der Waals surface area (Å²) in [4.78, 5) is 46.0. The number of benzene rings is 2. The quantitative estimate of drug-likeness (QED) is 0.0148. The second-order valence-electron chi connectivity index (χ2n) is 21.6. The van der Waals surface area contributed by atoms with Gasteiger partial charge >= 0.3 is 12.4 Å². The summed E-state index contributed by atoms with van der Waals surface area (Å²) < 4.78 is 71.2. The predicted octanol–water partition coefficient (Wildman–Crippen LogP) is -11.7. The lowest BCUT2D eigenvalue weighted by Gasteiger charge is -2.33. The molecule has 2 amide bonds. The molecule has 2 aromatic heterocycles. The average molecular weight is 1410 g/mol. The Morgan fingerprint density at radius 1 is 0.438 bits per heavy atom. The largest absolute Gasteiger partial charge is 0.542 e. The highest BCUT2D eigenvalue weighted by Crippen LogP contribution is 2.19. The molecule has 0 saturated heterocycles. The van der Waals surface area contributed by atoms with E-state index in [1.165, 1.54) is 9.80 Å². The van der Waals surface area contributed by atoms with Gasteiger partial charge in [-0.3, -0.25) is 19.4 Å². The number of aliphatic carboxylic acids is 2. The second-order valence-corrected chi connectivity index (χ2v) is 21.6. The van der Waals surface area contributed by atoms with Crippen molar-refractivity contribution in [3.8, 4) is 0 Å². The van der Waals surface area contributed by atoms with Crippen LogP contribution in [0.2, 0.25) is 0 Å². The van der Waals surface area contributed by atoms with E-state index in [9.17, 15) is 118 Å². The molecule has 0 saturated carbocycles. The van der Waals surface area contributed by atoms with Gasteiger partial charge in [-0.2, -0.15) is 26.3 Å². The van der Waals surface area contributed by atoms with Gasteiger partial charge < -0.3 is 133 Å². The minimum absolute atomic E-state index is 0.0180. The Morgan fingerprint density at radius 3 is 0.865 bits per heavy atom. The van der Waals surface area contributed by atoms with E-state index in [4.69, 9.17) is 40.2 Å². The van der Waals surface area contributed by atoms with Crippen molar-refractivity contribution >= 4 is 45.8 Å². The van der Waals surface area contributed by atoms with E-state index in [0.29, 0.717) is 24.2 Å². The Labute approximate surface area is 544 Å². The highest BCUT2D eigenvalue weighted by molar-refractivity contribution is 5.97. The summed E-state index contributed by atoms with van der Waals surface area (Å²) in [6.45, 7) is 5.64. The molecule has 4 rings (SSSR count). The van der Waals surface area contributed by atoms with Crippen LogP contribution in [-0.4, -0.2) is 334 Å². The van der Waals surface area contributed by atoms with E-state index in [2.05, 4.69) is 19.8 Å². The first-order valence-electron chi connectivity index (χ1n) is 29.6. The Bertz CT molecular complexity index is 2700. The number of carboxylic acids is 2. The molecule has 96 heavy (non-hydrogen) atoms. The molecule has 0 bridgehead atoms. The lowest BCUT2D eigenvalue weighted by atomic mass is 10.0. The zero-order chi connectivity index (χ0) is 73.9. The molecule has 0 unspecified atom stereocenters. The van der Waals surface area contributed by atoms with Crippen molar-refractivity contribution in [1.82, 2.24) is 29.6 Å². The van der Waals surface area contributed by atoms with Crippen LogP contribution in [-0.2, 0) is 35.8 Å². The van der Waals surface area contributed by atoms with Crippen LogP contribution in [0.25, 0.3) is 22.1 Å². The van der Waals surface area contributed by atoms with Crippen LogP contribution in [0.15, 0.2) is 49.1 Å². The fourth-order valence-corrected chi connectivity index (χ4v) is 8.98. The number of carboxylic acid groups (broad SMARTS) is 2. The molecule has 40 heteroatoms. The number of aliphatic hydroxyl groups is 20. The van der Waals surface area contributed by atoms with Crippen molar-refractivity contribution in [2.45, 2.75) is 164 Å². The van der Waals surface area contributed by atoms with Crippen LogP contribution in [0.3, 0.4) is 0 Å². The van der Waals surface area contributed by atoms with Crippen molar-refractivity contribution in [1.29, 1.82) is 0 Å². The van der Waals surface area contributed by atoms with E-state index >= 15 is 0 Å². The summed E-state index contributed by atoms with van der Waals surface area (Å²) in [6.07, 6.45) is -35.3. The number of imidazole rings is 2. The highest BCUT2D eigenvalue weighted by atomic mass is 19.4. The molecule has 4 aromatic rings. The maximum Gasteiger partial charge on any atom is 0.430 e. The van der Waals surface area contributed by atoms with Crippen molar-refractivity contribution in [2.75, 3.05) is 78.8 Å². The molecule has 0 aliphatic rings. The van der Waals surface area contributed by atoms with Crippen LogP contribution in [0, 0.1) is 0 Å². The number of fused-ring (bicyclic) bond motifs is 2. The standard InChI is InChI=1S/2C26H44N4O11.2C2HF3O2/c2*1-3-29-14-30(4-2)17-9-15(5-6-16(17)29)26(41)27-7-8-28(10-18(33)22(37)24(39)20(35)12-31)11-19(34)23(38)25(40)21(36)13-32;2*3-2(4,5)1(6)7/h2*5-6,9,14,18-25,31-40H,3-4,7-8,10-13H2,1-2H3;2*(H,6,7)/t2*18-,19-,20+,21+,22+,23+,24+,25+;;/m00../s1. The SMILES string of the molecule is CCn1c[n+](CC)c2ccc(C(=O)NCCN(C[C@H](O)[C@@H](O)[C@H](O)[C@H](O)CO)C[C@H](O)[C@@H](O)[C@H](O)[C@H](O)CO)cc21.CCn1c[n+](CC)c2ccc(C(=O)NCCN(C[C@H](O)[C@@H](O)[C@H](O)[C@H](O)CO)C[C@H](O)[C@@H](O)[C@H](O)[C@H](O)CO)cc21.O=C([O-])C(F)(F)F.O=C([O-])C(F)(F)F. The second kappa shape index (κ2) is 42.0. The number of hydrogen-bond donors (Lipinski definition) is 22. The van der Waals surface area contributed by atoms with Crippen molar-refractivity contribution in [3.63, 3.8) is 0 Å². The molecule has 22 N–H and O–H groups in total. The van der Waals surface area contributed by atoms with E-state index in [0.717, 1.165) is 35.2 Å². The van der Waals surface area contributed by atoms with Crippen molar-refractivity contribution in [2.24, 2.45) is 0 Å². The molecule has 0 aliphatic carbocycles. The fraction of sp³-hybridized carbons (Fsp3) is 0.679. The topological polar surface area (TPSA) is 567 Å². The third-order valence-corrected chi connectivity index (χ3v) is 14.6.